The summed E-state index contributed by atoms with van der Waals surface area (Å²) in [6.45, 7) is 5.05. The fraction of sp³-hybridized carbons (Fsp3) is 0.500. The van der Waals surface area contributed by atoms with Crippen LogP contribution in [0.2, 0.25) is 0 Å². The molecular formula is C14H17BrClNO2. The second-order valence-corrected chi connectivity index (χ2v) is 6.06. The van der Waals surface area contributed by atoms with E-state index >= 15 is 0 Å². The van der Waals surface area contributed by atoms with Gasteiger partial charge in [-0.2, -0.15) is 0 Å². The summed E-state index contributed by atoms with van der Waals surface area (Å²) in [5, 5.41) is 0. The Kier molecular flexibility index (Phi) is 4.87. The number of carbonyl (C=O) groups excluding carboxylic acids is 1. The van der Waals surface area contributed by atoms with E-state index in [9.17, 15) is 4.79 Å². The number of morpholine rings is 1. The first-order valence-corrected chi connectivity index (χ1v) is 7.60. The molecule has 0 aromatic heterocycles. The van der Waals surface area contributed by atoms with Crippen LogP contribution in [0.25, 0.3) is 0 Å². The molecule has 1 heterocycles. The molecule has 104 valence electrons. The number of nitrogens with zero attached hydrogens (tertiary/aromatic N) is 1. The van der Waals surface area contributed by atoms with Crippen molar-refractivity contribution >= 4 is 33.4 Å². The average Bonchev–Trinajstić information content (AvgIpc) is 2.41. The van der Waals surface area contributed by atoms with Crippen LogP contribution < -0.4 is 0 Å². The largest absolute Gasteiger partial charge is 0.373 e. The third-order valence-electron chi connectivity index (χ3n) is 3.29. The highest BCUT2D eigenvalue weighted by molar-refractivity contribution is 9.10. The molecular weight excluding hydrogens is 330 g/mol. The number of hydrogen-bond acceptors (Lipinski definition) is 2. The molecule has 5 heteroatoms. The van der Waals surface area contributed by atoms with Crippen molar-refractivity contribution in [3.05, 3.63) is 33.8 Å². The minimum absolute atomic E-state index is 0.0292. The number of halogens is 2. The minimum atomic E-state index is -0.0783. The number of hydrogen-bond donors (Lipinski definition) is 0. The number of amides is 1. The molecule has 1 saturated heterocycles. The number of alkyl halides is 1. The van der Waals surface area contributed by atoms with Crippen LogP contribution in [0.3, 0.4) is 0 Å². The summed E-state index contributed by atoms with van der Waals surface area (Å²) < 4.78 is 6.40. The van der Waals surface area contributed by atoms with Gasteiger partial charge in [0.05, 0.1) is 30.2 Å². The maximum Gasteiger partial charge on any atom is 0.255 e. The van der Waals surface area contributed by atoms with Gasteiger partial charge in [-0.3, -0.25) is 4.79 Å². The molecule has 1 aliphatic rings. The molecule has 1 aliphatic heterocycles. The van der Waals surface area contributed by atoms with Gasteiger partial charge in [0.15, 0.2) is 0 Å². The van der Waals surface area contributed by atoms with Crippen LogP contribution in [0, 0.1) is 6.92 Å². The normalized spacial score (nSPS) is 23.5. The summed E-state index contributed by atoms with van der Waals surface area (Å²) in [5.41, 5.74) is 1.77. The molecule has 0 N–H and O–H groups in total. The number of carbonyl (C=O) groups is 1. The summed E-state index contributed by atoms with van der Waals surface area (Å²) in [6, 6.07) is 5.86. The van der Waals surface area contributed by atoms with Crippen molar-refractivity contribution in [2.24, 2.45) is 0 Å². The molecule has 0 saturated carbocycles. The summed E-state index contributed by atoms with van der Waals surface area (Å²) in [4.78, 5) is 14.5. The van der Waals surface area contributed by atoms with E-state index in [2.05, 4.69) is 15.9 Å². The van der Waals surface area contributed by atoms with Gasteiger partial charge in [-0.05, 0) is 41.9 Å². The van der Waals surface area contributed by atoms with Gasteiger partial charge in [-0.15, -0.1) is 11.6 Å². The Balaban J connectivity index is 2.24. The quantitative estimate of drug-likeness (QED) is 0.770. The van der Waals surface area contributed by atoms with Gasteiger partial charge in [-0.1, -0.05) is 11.6 Å². The summed E-state index contributed by atoms with van der Waals surface area (Å²) in [6.07, 6.45) is -0.0783. The van der Waals surface area contributed by atoms with Gasteiger partial charge < -0.3 is 9.64 Å². The van der Waals surface area contributed by atoms with Gasteiger partial charge >= 0.3 is 0 Å². The predicted octanol–water partition coefficient (Wildman–Crippen LogP) is 3.23. The second-order valence-electron chi connectivity index (χ2n) is 4.90. The Hall–Kier alpha value is -0.580. The number of ether oxygens (including phenoxy) is 1. The minimum Gasteiger partial charge on any atom is -0.373 e. The van der Waals surface area contributed by atoms with E-state index in [0.717, 1.165) is 10.0 Å². The van der Waals surface area contributed by atoms with E-state index in [1.807, 2.05) is 36.9 Å². The maximum atomic E-state index is 12.6. The molecule has 0 radical (unpaired) electrons. The second kappa shape index (κ2) is 6.25. The third kappa shape index (κ3) is 3.30. The lowest BCUT2D eigenvalue weighted by molar-refractivity contribution is -0.0372. The van der Waals surface area contributed by atoms with Crippen molar-refractivity contribution < 1.29 is 9.53 Å². The predicted molar refractivity (Wildman–Crippen MR) is 79.8 cm³/mol. The van der Waals surface area contributed by atoms with E-state index < -0.39 is 0 Å². The zero-order valence-electron chi connectivity index (χ0n) is 11.0. The van der Waals surface area contributed by atoms with Crippen molar-refractivity contribution in [1.29, 1.82) is 0 Å². The lowest BCUT2D eigenvalue weighted by atomic mass is 10.1. The van der Waals surface area contributed by atoms with Crippen LogP contribution in [0.1, 0.15) is 22.8 Å². The van der Waals surface area contributed by atoms with Crippen LogP contribution in [0.5, 0.6) is 0 Å². The smallest absolute Gasteiger partial charge is 0.255 e. The van der Waals surface area contributed by atoms with Crippen molar-refractivity contribution in [3.63, 3.8) is 0 Å². The fourth-order valence-electron chi connectivity index (χ4n) is 2.15. The molecule has 2 atom stereocenters. The van der Waals surface area contributed by atoms with E-state index in [1.165, 1.54) is 0 Å². The molecule has 2 unspecified atom stereocenters. The van der Waals surface area contributed by atoms with Crippen molar-refractivity contribution in [2.45, 2.75) is 26.0 Å². The van der Waals surface area contributed by atoms with Gasteiger partial charge in [0.1, 0.15) is 0 Å². The monoisotopic (exact) mass is 345 g/mol. The highest BCUT2D eigenvalue weighted by atomic mass is 79.9. The first kappa shape index (κ1) is 14.8. The molecule has 0 spiro atoms. The lowest BCUT2D eigenvalue weighted by Gasteiger charge is -2.37. The van der Waals surface area contributed by atoms with Crippen molar-refractivity contribution in [3.8, 4) is 0 Å². The molecule has 0 bridgehead atoms. The van der Waals surface area contributed by atoms with Crippen LogP contribution in [0.4, 0.5) is 0 Å². The lowest BCUT2D eigenvalue weighted by Crippen LogP contribution is -2.51. The van der Waals surface area contributed by atoms with Gasteiger partial charge in [0.2, 0.25) is 0 Å². The number of benzene rings is 1. The molecule has 2 rings (SSSR count). The highest BCUT2D eigenvalue weighted by Crippen LogP contribution is 2.23. The molecule has 3 nitrogen and oxygen atoms in total. The van der Waals surface area contributed by atoms with Crippen LogP contribution >= 0.6 is 27.5 Å². The fourth-order valence-corrected chi connectivity index (χ4v) is 2.75. The molecule has 1 amide bonds. The summed E-state index contributed by atoms with van der Waals surface area (Å²) in [7, 11) is 0. The Morgan fingerprint density at radius 1 is 1.58 bits per heavy atom. The maximum absolute atomic E-state index is 12.6. The summed E-state index contributed by atoms with van der Waals surface area (Å²) >= 11 is 9.27. The van der Waals surface area contributed by atoms with E-state index in [-0.39, 0.29) is 18.1 Å². The number of aryl methyl sites for hydroxylation is 1. The molecule has 19 heavy (non-hydrogen) atoms. The van der Waals surface area contributed by atoms with Crippen molar-refractivity contribution in [1.82, 2.24) is 4.90 Å². The standard InChI is InChI=1S/C14H17BrClNO2/c1-9-3-4-13(15)12(5-9)14(18)17-7-11(6-16)19-8-10(17)2/h3-5,10-11H,6-8H2,1-2H3. The Bertz CT molecular complexity index is 481. The summed E-state index contributed by atoms with van der Waals surface area (Å²) in [5.74, 6) is 0.437. The van der Waals surface area contributed by atoms with Gasteiger partial charge in [0.25, 0.3) is 5.91 Å². The van der Waals surface area contributed by atoms with Gasteiger partial charge in [-0.25, -0.2) is 0 Å². The molecule has 1 fully saturated rings. The van der Waals surface area contributed by atoms with Crippen LogP contribution in [-0.2, 0) is 4.74 Å². The zero-order chi connectivity index (χ0) is 14.0. The average molecular weight is 347 g/mol. The topological polar surface area (TPSA) is 29.5 Å². The number of rotatable bonds is 2. The highest BCUT2D eigenvalue weighted by Gasteiger charge is 2.30. The van der Waals surface area contributed by atoms with E-state index in [4.69, 9.17) is 16.3 Å². The van der Waals surface area contributed by atoms with Gasteiger partial charge in [0, 0.05) is 11.0 Å². The Morgan fingerprint density at radius 2 is 2.32 bits per heavy atom. The zero-order valence-corrected chi connectivity index (χ0v) is 13.4. The Labute approximate surface area is 127 Å². The van der Waals surface area contributed by atoms with E-state index in [0.29, 0.717) is 24.6 Å². The molecule has 1 aromatic rings. The molecule has 1 aromatic carbocycles. The third-order valence-corrected chi connectivity index (χ3v) is 4.33. The SMILES string of the molecule is Cc1ccc(Br)c(C(=O)N2CC(CCl)OCC2C)c1. The van der Waals surface area contributed by atoms with Crippen molar-refractivity contribution in [2.75, 3.05) is 19.0 Å². The van der Waals surface area contributed by atoms with Crippen LogP contribution in [0.15, 0.2) is 22.7 Å². The first-order valence-electron chi connectivity index (χ1n) is 6.27. The van der Waals surface area contributed by atoms with E-state index in [1.54, 1.807) is 0 Å². The van der Waals surface area contributed by atoms with Crippen LogP contribution in [-0.4, -0.2) is 42.0 Å². The molecule has 0 aliphatic carbocycles. The first-order chi connectivity index (χ1) is 9.02. The Morgan fingerprint density at radius 3 is 3.00 bits per heavy atom.